The number of hydrogen-bond acceptors (Lipinski definition) is 2. The zero-order valence-corrected chi connectivity index (χ0v) is 40.1. The minimum absolute atomic E-state index is 0.0356. The lowest BCUT2D eigenvalue weighted by molar-refractivity contribution is -0.143. The average molecular weight is 803 g/mol. The van der Waals surface area contributed by atoms with Gasteiger partial charge in [0, 0.05) is 6.42 Å². The lowest BCUT2D eigenvalue weighted by atomic mass is 10.0. The monoisotopic (exact) mass is 803 g/mol. The van der Waals surface area contributed by atoms with Gasteiger partial charge in [0.05, 0.1) is 6.61 Å². The van der Waals surface area contributed by atoms with E-state index < -0.39 is 0 Å². The molecule has 0 amide bonds. The van der Waals surface area contributed by atoms with Crippen molar-refractivity contribution in [1.29, 1.82) is 0 Å². The van der Waals surface area contributed by atoms with Gasteiger partial charge in [-0.25, -0.2) is 0 Å². The zero-order chi connectivity index (χ0) is 41.1. The normalized spacial score (nSPS) is 11.5. The van der Waals surface area contributed by atoms with Crippen LogP contribution < -0.4 is 0 Å². The Kier molecular flexibility index (Phi) is 53.0. The summed E-state index contributed by atoms with van der Waals surface area (Å²) in [5.41, 5.74) is 0. The van der Waals surface area contributed by atoms with Crippen molar-refractivity contribution in [3.05, 3.63) is 0 Å². The van der Waals surface area contributed by atoms with Crippen molar-refractivity contribution in [1.82, 2.24) is 0 Å². The molecular formula is C55H110O2. The van der Waals surface area contributed by atoms with Crippen LogP contribution >= 0.6 is 0 Å². The molecule has 0 spiro atoms. The Morgan fingerprint density at radius 1 is 0.228 bits per heavy atom. The predicted molar refractivity (Wildman–Crippen MR) is 258 cm³/mol. The smallest absolute Gasteiger partial charge is 0.305 e. The molecule has 0 saturated carbocycles. The van der Waals surface area contributed by atoms with Crippen LogP contribution in [-0.4, -0.2) is 12.6 Å². The lowest BCUT2D eigenvalue weighted by Gasteiger charge is -2.06. The van der Waals surface area contributed by atoms with Crippen LogP contribution in [0.5, 0.6) is 0 Å². The highest BCUT2D eigenvalue weighted by Crippen LogP contribution is 2.18. The van der Waals surface area contributed by atoms with Gasteiger partial charge >= 0.3 is 5.97 Å². The van der Waals surface area contributed by atoms with Crippen LogP contribution in [0.4, 0.5) is 0 Å². The molecule has 0 aliphatic heterocycles. The van der Waals surface area contributed by atoms with E-state index in [0.29, 0.717) is 13.0 Å². The summed E-state index contributed by atoms with van der Waals surface area (Å²) in [5.74, 6) is 0.0356. The van der Waals surface area contributed by atoms with E-state index in [2.05, 4.69) is 13.8 Å². The molecule has 0 aromatic carbocycles. The molecule has 0 aliphatic rings. The summed E-state index contributed by atoms with van der Waals surface area (Å²) in [4.78, 5) is 12.1. The maximum absolute atomic E-state index is 12.1. The van der Waals surface area contributed by atoms with Gasteiger partial charge in [-0.05, 0) is 12.8 Å². The molecule has 2 heteroatoms. The highest BCUT2D eigenvalue weighted by molar-refractivity contribution is 5.69. The van der Waals surface area contributed by atoms with E-state index in [-0.39, 0.29) is 5.97 Å². The van der Waals surface area contributed by atoms with E-state index in [1.165, 1.54) is 308 Å². The van der Waals surface area contributed by atoms with Crippen molar-refractivity contribution < 1.29 is 9.53 Å². The molecule has 0 unspecified atom stereocenters. The summed E-state index contributed by atoms with van der Waals surface area (Å²) in [5, 5.41) is 0. The van der Waals surface area contributed by atoms with Gasteiger partial charge in [-0.3, -0.25) is 4.79 Å². The highest BCUT2D eigenvalue weighted by Gasteiger charge is 2.03. The molecule has 0 saturated heterocycles. The molecule has 0 radical (unpaired) electrons. The number of carbonyl (C=O) groups is 1. The number of rotatable bonds is 52. The maximum Gasteiger partial charge on any atom is 0.305 e. The Balaban J connectivity index is 3.14. The molecule has 0 aromatic rings. The first-order valence-electron chi connectivity index (χ1n) is 27.5. The summed E-state index contributed by atoms with van der Waals surface area (Å²) in [6.07, 6.45) is 71.3. The molecule has 0 N–H and O–H groups in total. The van der Waals surface area contributed by atoms with Crippen molar-refractivity contribution in [3.8, 4) is 0 Å². The number of hydrogen-bond donors (Lipinski definition) is 0. The Labute approximate surface area is 362 Å². The van der Waals surface area contributed by atoms with Crippen LogP contribution in [0, 0.1) is 0 Å². The molecule has 57 heavy (non-hydrogen) atoms. The van der Waals surface area contributed by atoms with Crippen LogP contribution in [0.2, 0.25) is 0 Å². The second-order valence-electron chi connectivity index (χ2n) is 18.9. The van der Waals surface area contributed by atoms with Crippen molar-refractivity contribution in [2.24, 2.45) is 0 Å². The summed E-state index contributed by atoms with van der Waals surface area (Å²) in [6.45, 7) is 5.25. The van der Waals surface area contributed by atoms with Crippen LogP contribution in [0.3, 0.4) is 0 Å². The predicted octanol–water partition coefficient (Wildman–Crippen LogP) is 20.5. The number of unbranched alkanes of at least 4 members (excludes halogenated alkanes) is 48. The molecule has 0 aromatic heterocycles. The first-order valence-corrected chi connectivity index (χ1v) is 27.5. The van der Waals surface area contributed by atoms with Gasteiger partial charge < -0.3 is 4.74 Å². The Morgan fingerprint density at radius 3 is 0.579 bits per heavy atom. The molecule has 0 aliphatic carbocycles. The summed E-state index contributed by atoms with van der Waals surface area (Å²) < 4.78 is 5.51. The Hall–Kier alpha value is -0.530. The molecule has 0 heterocycles. The first kappa shape index (κ1) is 56.5. The third kappa shape index (κ3) is 53.5. The number of carbonyl (C=O) groups excluding carboxylic acids is 1. The van der Waals surface area contributed by atoms with Gasteiger partial charge in [0.25, 0.3) is 0 Å². The molecule has 0 bridgehead atoms. The Morgan fingerprint density at radius 2 is 0.386 bits per heavy atom. The Bertz CT molecular complexity index is 703. The van der Waals surface area contributed by atoms with Crippen molar-refractivity contribution >= 4 is 5.97 Å². The van der Waals surface area contributed by atoms with E-state index in [1.807, 2.05) is 0 Å². The molecular weight excluding hydrogens is 693 g/mol. The van der Waals surface area contributed by atoms with Crippen LogP contribution in [-0.2, 0) is 9.53 Å². The third-order valence-corrected chi connectivity index (χ3v) is 13.0. The van der Waals surface area contributed by atoms with Crippen molar-refractivity contribution in [3.63, 3.8) is 0 Å². The largest absolute Gasteiger partial charge is 0.466 e. The van der Waals surface area contributed by atoms with E-state index in [1.54, 1.807) is 0 Å². The van der Waals surface area contributed by atoms with Gasteiger partial charge in [-0.2, -0.15) is 0 Å². The van der Waals surface area contributed by atoms with E-state index >= 15 is 0 Å². The van der Waals surface area contributed by atoms with Gasteiger partial charge in [-0.15, -0.1) is 0 Å². The maximum atomic E-state index is 12.1. The van der Waals surface area contributed by atoms with Crippen molar-refractivity contribution in [2.45, 2.75) is 341 Å². The fourth-order valence-electron chi connectivity index (χ4n) is 8.91. The molecule has 342 valence electrons. The summed E-state index contributed by atoms with van der Waals surface area (Å²) >= 11 is 0. The van der Waals surface area contributed by atoms with Gasteiger partial charge in [-0.1, -0.05) is 322 Å². The minimum Gasteiger partial charge on any atom is -0.466 e. The van der Waals surface area contributed by atoms with E-state index in [9.17, 15) is 4.79 Å². The van der Waals surface area contributed by atoms with Crippen LogP contribution in [0.1, 0.15) is 341 Å². The first-order chi connectivity index (χ1) is 28.3. The number of esters is 1. The van der Waals surface area contributed by atoms with Crippen LogP contribution in [0.15, 0.2) is 0 Å². The standard InChI is InChI=1S/C55H110O2/c1-3-5-7-9-11-13-15-17-19-21-23-25-27-29-31-33-35-37-39-41-43-45-47-49-51-53-55(56)57-54-52-50-48-46-44-42-40-38-36-34-32-30-28-26-24-22-20-18-16-14-12-10-8-6-4-2/h3-54H2,1-2H3. The molecule has 0 rings (SSSR count). The number of ether oxygens (including phenoxy) is 1. The molecule has 0 atom stereocenters. The fourth-order valence-corrected chi connectivity index (χ4v) is 8.91. The lowest BCUT2D eigenvalue weighted by Crippen LogP contribution is -2.05. The second kappa shape index (κ2) is 53.5. The minimum atomic E-state index is 0.0356. The summed E-state index contributed by atoms with van der Waals surface area (Å²) in [6, 6.07) is 0. The van der Waals surface area contributed by atoms with Gasteiger partial charge in [0.15, 0.2) is 0 Å². The second-order valence-corrected chi connectivity index (χ2v) is 18.9. The van der Waals surface area contributed by atoms with Gasteiger partial charge in [0.1, 0.15) is 0 Å². The third-order valence-electron chi connectivity index (χ3n) is 13.0. The van der Waals surface area contributed by atoms with E-state index in [0.717, 1.165) is 12.8 Å². The van der Waals surface area contributed by atoms with E-state index in [4.69, 9.17) is 4.74 Å². The average Bonchev–Trinajstić information content (AvgIpc) is 3.22. The van der Waals surface area contributed by atoms with Crippen LogP contribution in [0.25, 0.3) is 0 Å². The van der Waals surface area contributed by atoms with Crippen molar-refractivity contribution in [2.75, 3.05) is 6.61 Å². The SMILES string of the molecule is CCCCCCCCCCCCCCCCCCCCCCCCCCCOC(=O)CCCCCCCCCCCCCCCCCCCCCCCCCCC. The quantitative estimate of drug-likeness (QED) is 0.0452. The molecule has 0 fully saturated rings. The highest BCUT2D eigenvalue weighted by atomic mass is 16.5. The van der Waals surface area contributed by atoms with Gasteiger partial charge in [0.2, 0.25) is 0 Å². The molecule has 2 nitrogen and oxygen atoms in total. The fraction of sp³-hybridized carbons (Fsp3) is 0.982. The summed E-state index contributed by atoms with van der Waals surface area (Å²) in [7, 11) is 0. The zero-order valence-electron chi connectivity index (χ0n) is 40.1. The topological polar surface area (TPSA) is 26.3 Å².